The highest BCUT2D eigenvalue weighted by Gasteiger charge is 2.11. The molecule has 0 aliphatic heterocycles. The van der Waals surface area contributed by atoms with E-state index in [0.717, 1.165) is 0 Å². The van der Waals surface area contributed by atoms with Crippen molar-refractivity contribution in [2.75, 3.05) is 24.9 Å². The van der Waals surface area contributed by atoms with Gasteiger partial charge in [-0.2, -0.15) is 5.26 Å². The number of benzene rings is 2. The average molecular weight is 341 g/mol. The summed E-state index contributed by atoms with van der Waals surface area (Å²) in [6.45, 7) is 0. The molecule has 2 aromatic rings. The van der Waals surface area contributed by atoms with Crippen LogP contribution in [0, 0.1) is 17.1 Å². The number of hydrogen-bond donors (Lipinski definition) is 2. The fourth-order valence-corrected chi connectivity index (χ4v) is 1.99. The second-order valence-corrected chi connectivity index (χ2v) is 4.85. The van der Waals surface area contributed by atoms with Gasteiger partial charge in [-0.05, 0) is 30.3 Å². The molecular formula is C18H16FN3O3. The van der Waals surface area contributed by atoms with Crippen molar-refractivity contribution in [1.82, 2.24) is 0 Å². The molecule has 0 radical (unpaired) electrons. The lowest BCUT2D eigenvalue weighted by molar-refractivity contribution is -0.112. The number of hydrogen-bond acceptors (Lipinski definition) is 5. The first kappa shape index (κ1) is 17.8. The monoisotopic (exact) mass is 341 g/mol. The third kappa shape index (κ3) is 4.72. The van der Waals surface area contributed by atoms with Crippen LogP contribution >= 0.6 is 0 Å². The number of methoxy groups -OCH3 is 2. The Balaban J connectivity index is 2.12. The Morgan fingerprint density at radius 3 is 2.52 bits per heavy atom. The maximum absolute atomic E-state index is 13.1. The van der Waals surface area contributed by atoms with E-state index in [4.69, 9.17) is 14.7 Å². The second-order valence-electron chi connectivity index (χ2n) is 4.85. The fraction of sp³-hybridized carbons (Fsp3) is 0.111. The highest BCUT2D eigenvalue weighted by Crippen LogP contribution is 2.29. The zero-order valence-corrected chi connectivity index (χ0v) is 13.7. The number of anilines is 2. The van der Waals surface area contributed by atoms with Crippen LogP contribution in [-0.2, 0) is 4.79 Å². The number of ether oxygens (including phenoxy) is 2. The molecule has 25 heavy (non-hydrogen) atoms. The molecule has 1 amide bonds. The van der Waals surface area contributed by atoms with E-state index in [1.54, 1.807) is 30.3 Å². The molecule has 0 bridgehead atoms. The van der Waals surface area contributed by atoms with E-state index < -0.39 is 11.7 Å². The van der Waals surface area contributed by atoms with Crippen molar-refractivity contribution in [3.8, 4) is 17.6 Å². The van der Waals surface area contributed by atoms with Gasteiger partial charge in [-0.1, -0.05) is 6.07 Å². The van der Waals surface area contributed by atoms with Gasteiger partial charge in [0.1, 0.15) is 17.5 Å². The van der Waals surface area contributed by atoms with Crippen LogP contribution in [0.5, 0.6) is 11.5 Å². The van der Waals surface area contributed by atoms with Crippen LogP contribution < -0.4 is 20.1 Å². The second kappa shape index (κ2) is 8.36. The van der Waals surface area contributed by atoms with Gasteiger partial charge in [-0.15, -0.1) is 0 Å². The SMILES string of the molecule is COc1ccc(NC(=O)/C(C#N)=C\Nc2cccc(F)c2)cc1OC. The van der Waals surface area contributed by atoms with Crippen molar-refractivity contribution in [2.45, 2.75) is 0 Å². The molecular weight excluding hydrogens is 325 g/mol. The maximum atomic E-state index is 13.1. The average Bonchev–Trinajstić information content (AvgIpc) is 2.62. The molecule has 0 aliphatic carbocycles. The van der Waals surface area contributed by atoms with Gasteiger partial charge in [0.2, 0.25) is 0 Å². The minimum Gasteiger partial charge on any atom is -0.493 e. The first-order valence-electron chi connectivity index (χ1n) is 7.23. The fourth-order valence-electron chi connectivity index (χ4n) is 1.99. The summed E-state index contributed by atoms with van der Waals surface area (Å²) in [5, 5.41) is 14.5. The summed E-state index contributed by atoms with van der Waals surface area (Å²) in [4.78, 5) is 12.2. The molecule has 2 aromatic carbocycles. The molecule has 2 N–H and O–H groups in total. The first-order valence-corrected chi connectivity index (χ1v) is 7.23. The summed E-state index contributed by atoms with van der Waals surface area (Å²) in [5.41, 5.74) is 0.695. The largest absolute Gasteiger partial charge is 0.493 e. The van der Waals surface area contributed by atoms with Gasteiger partial charge >= 0.3 is 0 Å². The van der Waals surface area contributed by atoms with Gasteiger partial charge < -0.3 is 20.1 Å². The number of nitrogens with one attached hydrogen (secondary N) is 2. The highest BCUT2D eigenvalue weighted by molar-refractivity contribution is 6.06. The normalized spacial score (nSPS) is 10.6. The summed E-state index contributed by atoms with van der Waals surface area (Å²) in [6, 6.07) is 12.3. The standard InChI is InChI=1S/C18H16FN3O3/c1-24-16-7-6-15(9-17(16)25-2)22-18(23)12(10-20)11-21-14-5-3-4-13(19)8-14/h3-9,11,21H,1-2H3,(H,22,23)/b12-11-. The van der Waals surface area contributed by atoms with Crippen LogP contribution in [0.25, 0.3) is 0 Å². The van der Waals surface area contributed by atoms with Crippen LogP contribution in [-0.4, -0.2) is 20.1 Å². The van der Waals surface area contributed by atoms with Gasteiger partial charge in [0.05, 0.1) is 14.2 Å². The van der Waals surface area contributed by atoms with E-state index in [1.807, 2.05) is 0 Å². The van der Waals surface area contributed by atoms with Crippen molar-refractivity contribution >= 4 is 17.3 Å². The number of nitrogens with zero attached hydrogens (tertiary/aromatic N) is 1. The molecule has 0 spiro atoms. The molecule has 0 atom stereocenters. The van der Waals surface area contributed by atoms with Crippen molar-refractivity contribution in [1.29, 1.82) is 5.26 Å². The first-order chi connectivity index (χ1) is 12.1. The van der Waals surface area contributed by atoms with Crippen molar-refractivity contribution in [3.05, 3.63) is 60.1 Å². The summed E-state index contributed by atoms with van der Waals surface area (Å²) in [7, 11) is 2.98. The minimum atomic E-state index is -0.612. The van der Waals surface area contributed by atoms with E-state index >= 15 is 0 Å². The van der Waals surface area contributed by atoms with E-state index in [0.29, 0.717) is 22.9 Å². The molecule has 0 aliphatic rings. The van der Waals surface area contributed by atoms with Crippen molar-refractivity contribution < 1.29 is 18.7 Å². The van der Waals surface area contributed by atoms with Crippen molar-refractivity contribution in [2.24, 2.45) is 0 Å². The summed E-state index contributed by atoms with van der Waals surface area (Å²) >= 11 is 0. The number of carbonyl (C=O) groups excluding carboxylic acids is 1. The van der Waals surface area contributed by atoms with Crippen LogP contribution in [0.15, 0.2) is 54.2 Å². The van der Waals surface area contributed by atoms with Gasteiger partial charge in [0.25, 0.3) is 5.91 Å². The molecule has 0 heterocycles. The Morgan fingerprint density at radius 1 is 1.12 bits per heavy atom. The minimum absolute atomic E-state index is 0.168. The number of amides is 1. The number of carbonyl (C=O) groups is 1. The van der Waals surface area contributed by atoms with Gasteiger partial charge in [0.15, 0.2) is 11.5 Å². The quantitative estimate of drug-likeness (QED) is 0.622. The van der Waals surface area contributed by atoms with Crippen LogP contribution in [0.4, 0.5) is 15.8 Å². The predicted octanol–water partition coefficient (Wildman–Crippen LogP) is 3.30. The van der Waals surface area contributed by atoms with Crippen LogP contribution in [0.1, 0.15) is 0 Å². The zero-order chi connectivity index (χ0) is 18.2. The summed E-state index contributed by atoms with van der Waals surface area (Å²) in [5.74, 6) is -0.0738. The Kier molecular flexibility index (Phi) is 5.96. The highest BCUT2D eigenvalue weighted by atomic mass is 19.1. The molecule has 0 saturated heterocycles. The van der Waals surface area contributed by atoms with E-state index in [-0.39, 0.29) is 5.57 Å². The maximum Gasteiger partial charge on any atom is 0.267 e. The topological polar surface area (TPSA) is 83.4 Å². The third-order valence-corrected chi connectivity index (χ3v) is 3.21. The molecule has 128 valence electrons. The molecule has 0 unspecified atom stereocenters. The molecule has 0 fully saturated rings. The zero-order valence-electron chi connectivity index (χ0n) is 13.7. The van der Waals surface area contributed by atoms with Gasteiger partial charge in [0, 0.05) is 23.6 Å². The number of halogens is 1. The van der Waals surface area contributed by atoms with Gasteiger partial charge in [-0.25, -0.2) is 4.39 Å². The Bertz CT molecular complexity index is 844. The lowest BCUT2D eigenvalue weighted by Gasteiger charge is -2.10. The number of nitriles is 1. The van der Waals surface area contributed by atoms with Crippen LogP contribution in [0.3, 0.4) is 0 Å². The third-order valence-electron chi connectivity index (χ3n) is 3.21. The van der Waals surface area contributed by atoms with Crippen LogP contribution in [0.2, 0.25) is 0 Å². The lowest BCUT2D eigenvalue weighted by Crippen LogP contribution is -2.14. The Morgan fingerprint density at radius 2 is 1.88 bits per heavy atom. The Labute approximate surface area is 144 Å². The van der Waals surface area contributed by atoms with E-state index in [9.17, 15) is 9.18 Å². The molecule has 7 heteroatoms. The van der Waals surface area contributed by atoms with E-state index in [1.165, 1.54) is 38.6 Å². The van der Waals surface area contributed by atoms with E-state index in [2.05, 4.69) is 10.6 Å². The molecule has 0 aromatic heterocycles. The smallest absolute Gasteiger partial charge is 0.267 e. The summed E-state index contributed by atoms with van der Waals surface area (Å²) in [6.07, 6.45) is 1.21. The lowest BCUT2D eigenvalue weighted by atomic mass is 10.2. The van der Waals surface area contributed by atoms with Crippen molar-refractivity contribution in [3.63, 3.8) is 0 Å². The Hall–Kier alpha value is -3.53. The molecule has 6 nitrogen and oxygen atoms in total. The predicted molar refractivity (Wildman–Crippen MR) is 91.9 cm³/mol. The number of rotatable bonds is 6. The molecule has 2 rings (SSSR count). The van der Waals surface area contributed by atoms with Gasteiger partial charge in [-0.3, -0.25) is 4.79 Å². The molecule has 0 saturated carbocycles. The summed E-state index contributed by atoms with van der Waals surface area (Å²) < 4.78 is 23.4.